The summed E-state index contributed by atoms with van der Waals surface area (Å²) in [6, 6.07) is 7.66. The Labute approximate surface area is 111 Å². The van der Waals surface area contributed by atoms with Crippen molar-refractivity contribution in [2.24, 2.45) is 0 Å². The van der Waals surface area contributed by atoms with Gasteiger partial charge in [0.15, 0.2) is 0 Å². The Morgan fingerprint density at radius 2 is 1.79 bits per heavy atom. The standard InChI is InChI=1S/C14H19F3N2/c1-18-9-6-11-4-2-3-5-12(11)10-19-13(7-8-13)14(15,16)17/h2-5,18-19H,6-10H2,1H3. The summed E-state index contributed by atoms with van der Waals surface area (Å²) in [7, 11) is 1.86. The molecule has 1 aromatic carbocycles. The van der Waals surface area contributed by atoms with Crippen LogP contribution in [0, 0.1) is 0 Å². The van der Waals surface area contributed by atoms with Crippen molar-refractivity contribution in [2.75, 3.05) is 13.6 Å². The fourth-order valence-corrected chi connectivity index (χ4v) is 2.18. The molecular weight excluding hydrogens is 253 g/mol. The van der Waals surface area contributed by atoms with Crippen LogP contribution in [0.1, 0.15) is 24.0 Å². The van der Waals surface area contributed by atoms with E-state index in [1.165, 1.54) is 0 Å². The minimum Gasteiger partial charge on any atom is -0.319 e. The predicted octanol–water partition coefficient (Wildman–Crippen LogP) is 2.63. The van der Waals surface area contributed by atoms with Gasteiger partial charge in [0.2, 0.25) is 0 Å². The minimum atomic E-state index is -4.15. The average Bonchev–Trinajstić information content (AvgIpc) is 3.15. The number of hydrogen-bond acceptors (Lipinski definition) is 2. The first-order valence-corrected chi connectivity index (χ1v) is 6.52. The third-order valence-electron chi connectivity index (χ3n) is 3.67. The van der Waals surface area contributed by atoms with E-state index in [2.05, 4.69) is 10.6 Å². The zero-order valence-electron chi connectivity index (χ0n) is 11.0. The summed E-state index contributed by atoms with van der Waals surface area (Å²) >= 11 is 0. The molecule has 2 nitrogen and oxygen atoms in total. The van der Waals surface area contributed by atoms with Gasteiger partial charge in [-0.1, -0.05) is 24.3 Å². The molecule has 19 heavy (non-hydrogen) atoms. The monoisotopic (exact) mass is 272 g/mol. The Morgan fingerprint density at radius 1 is 1.16 bits per heavy atom. The molecule has 1 saturated carbocycles. The quantitative estimate of drug-likeness (QED) is 0.832. The molecule has 0 spiro atoms. The summed E-state index contributed by atoms with van der Waals surface area (Å²) in [6.45, 7) is 1.10. The van der Waals surface area contributed by atoms with Crippen LogP contribution in [0.15, 0.2) is 24.3 Å². The molecule has 1 fully saturated rings. The molecule has 0 unspecified atom stereocenters. The van der Waals surface area contributed by atoms with Crippen LogP contribution >= 0.6 is 0 Å². The molecule has 1 aromatic rings. The second kappa shape index (κ2) is 5.51. The lowest BCUT2D eigenvalue weighted by Gasteiger charge is -2.21. The summed E-state index contributed by atoms with van der Waals surface area (Å²) in [5, 5.41) is 5.75. The van der Waals surface area contributed by atoms with Crippen LogP contribution in [0.2, 0.25) is 0 Å². The molecule has 0 aromatic heterocycles. The second-order valence-electron chi connectivity index (χ2n) is 5.06. The molecule has 0 aliphatic heterocycles. The fraction of sp³-hybridized carbons (Fsp3) is 0.571. The van der Waals surface area contributed by atoms with Gasteiger partial charge >= 0.3 is 6.18 Å². The third-order valence-corrected chi connectivity index (χ3v) is 3.67. The van der Waals surface area contributed by atoms with Crippen molar-refractivity contribution in [3.63, 3.8) is 0 Å². The Morgan fingerprint density at radius 3 is 2.32 bits per heavy atom. The molecule has 5 heteroatoms. The summed E-state index contributed by atoms with van der Waals surface area (Å²) < 4.78 is 38.5. The summed E-state index contributed by atoms with van der Waals surface area (Å²) in [5.41, 5.74) is 0.416. The van der Waals surface area contributed by atoms with E-state index in [0.29, 0.717) is 0 Å². The number of nitrogens with one attached hydrogen (secondary N) is 2. The topological polar surface area (TPSA) is 24.1 Å². The van der Waals surface area contributed by atoms with Crippen molar-refractivity contribution in [1.29, 1.82) is 0 Å². The maximum atomic E-state index is 12.8. The fourth-order valence-electron chi connectivity index (χ4n) is 2.18. The van der Waals surface area contributed by atoms with E-state index in [9.17, 15) is 13.2 Å². The second-order valence-corrected chi connectivity index (χ2v) is 5.06. The largest absolute Gasteiger partial charge is 0.406 e. The molecule has 0 heterocycles. The Balaban J connectivity index is 2.00. The summed E-state index contributed by atoms with van der Waals surface area (Å²) in [4.78, 5) is 0. The molecule has 0 bridgehead atoms. The predicted molar refractivity (Wildman–Crippen MR) is 68.9 cm³/mol. The zero-order valence-corrected chi connectivity index (χ0v) is 11.0. The summed E-state index contributed by atoms with van der Waals surface area (Å²) in [6.07, 6.45) is -2.94. The van der Waals surface area contributed by atoms with Crippen LogP contribution in [0.4, 0.5) is 13.2 Å². The number of halogens is 3. The minimum absolute atomic E-state index is 0.190. The van der Waals surface area contributed by atoms with Gasteiger partial charge in [-0.3, -0.25) is 5.32 Å². The molecule has 1 aliphatic rings. The Hall–Kier alpha value is -1.07. The average molecular weight is 272 g/mol. The Bertz CT molecular complexity index is 425. The van der Waals surface area contributed by atoms with Crippen LogP contribution in [-0.2, 0) is 13.0 Å². The van der Waals surface area contributed by atoms with Crippen LogP contribution in [0.3, 0.4) is 0 Å². The first-order chi connectivity index (χ1) is 8.98. The van der Waals surface area contributed by atoms with Gasteiger partial charge in [-0.25, -0.2) is 0 Å². The van der Waals surface area contributed by atoms with Crippen LogP contribution < -0.4 is 10.6 Å². The van der Waals surface area contributed by atoms with Gasteiger partial charge in [0, 0.05) is 6.54 Å². The SMILES string of the molecule is CNCCc1ccccc1CNC1(C(F)(F)F)CC1. The molecular formula is C14H19F3N2. The summed E-state index contributed by atoms with van der Waals surface area (Å²) in [5.74, 6) is 0. The number of hydrogen-bond donors (Lipinski definition) is 2. The van der Waals surface area contributed by atoms with Gasteiger partial charge in [-0.2, -0.15) is 13.2 Å². The molecule has 0 radical (unpaired) electrons. The van der Waals surface area contributed by atoms with E-state index in [0.717, 1.165) is 24.1 Å². The van der Waals surface area contributed by atoms with E-state index in [1.807, 2.05) is 31.3 Å². The lowest BCUT2D eigenvalue weighted by atomic mass is 10.0. The van der Waals surface area contributed by atoms with Crippen LogP contribution in [0.25, 0.3) is 0 Å². The van der Waals surface area contributed by atoms with E-state index in [-0.39, 0.29) is 19.4 Å². The maximum Gasteiger partial charge on any atom is 0.406 e. The Kier molecular flexibility index (Phi) is 4.16. The highest BCUT2D eigenvalue weighted by atomic mass is 19.4. The number of likely N-dealkylation sites (N-methyl/N-ethyl adjacent to an activating group) is 1. The lowest BCUT2D eigenvalue weighted by molar-refractivity contribution is -0.166. The third kappa shape index (κ3) is 3.28. The highest BCUT2D eigenvalue weighted by Crippen LogP contribution is 2.49. The molecule has 0 atom stereocenters. The van der Waals surface area contributed by atoms with Crippen molar-refractivity contribution in [1.82, 2.24) is 10.6 Å². The molecule has 1 aliphatic carbocycles. The van der Waals surface area contributed by atoms with Crippen molar-refractivity contribution in [2.45, 2.75) is 37.5 Å². The zero-order chi connectivity index (χ0) is 13.9. The van der Waals surface area contributed by atoms with Gasteiger partial charge in [0.05, 0.1) is 0 Å². The van der Waals surface area contributed by atoms with E-state index in [4.69, 9.17) is 0 Å². The van der Waals surface area contributed by atoms with Gasteiger partial charge in [0.25, 0.3) is 0 Å². The highest BCUT2D eigenvalue weighted by Gasteiger charge is 2.62. The number of rotatable bonds is 6. The molecule has 0 amide bonds. The van der Waals surface area contributed by atoms with Crippen LogP contribution in [-0.4, -0.2) is 25.3 Å². The smallest absolute Gasteiger partial charge is 0.319 e. The first kappa shape index (κ1) is 14.3. The van der Waals surface area contributed by atoms with Gasteiger partial charge in [-0.05, 0) is 44.0 Å². The molecule has 2 N–H and O–H groups in total. The molecule has 2 rings (SSSR count). The normalized spacial score (nSPS) is 17.5. The molecule has 106 valence electrons. The van der Waals surface area contributed by atoms with Crippen molar-refractivity contribution >= 4 is 0 Å². The van der Waals surface area contributed by atoms with Gasteiger partial charge in [0.1, 0.15) is 5.54 Å². The highest BCUT2D eigenvalue weighted by molar-refractivity contribution is 5.28. The van der Waals surface area contributed by atoms with Gasteiger partial charge < -0.3 is 5.32 Å². The first-order valence-electron chi connectivity index (χ1n) is 6.52. The van der Waals surface area contributed by atoms with Crippen molar-refractivity contribution in [3.05, 3.63) is 35.4 Å². The lowest BCUT2D eigenvalue weighted by Crippen LogP contribution is -2.44. The van der Waals surface area contributed by atoms with E-state index < -0.39 is 11.7 Å². The number of benzene rings is 1. The number of alkyl halides is 3. The van der Waals surface area contributed by atoms with Crippen molar-refractivity contribution < 1.29 is 13.2 Å². The van der Waals surface area contributed by atoms with E-state index >= 15 is 0 Å². The van der Waals surface area contributed by atoms with Gasteiger partial charge in [-0.15, -0.1) is 0 Å². The molecule has 0 saturated heterocycles. The van der Waals surface area contributed by atoms with Crippen LogP contribution in [0.5, 0.6) is 0 Å². The maximum absolute atomic E-state index is 12.8. The van der Waals surface area contributed by atoms with Crippen molar-refractivity contribution in [3.8, 4) is 0 Å². The van der Waals surface area contributed by atoms with E-state index in [1.54, 1.807) is 0 Å².